The molecule has 1 aliphatic rings. The van der Waals surface area contributed by atoms with Crippen LogP contribution < -0.4 is 10.6 Å². The summed E-state index contributed by atoms with van der Waals surface area (Å²) in [7, 11) is 0. The maximum absolute atomic E-state index is 12.3. The molecular formula is C18H14N2O2S2. The van der Waals surface area contributed by atoms with Crippen molar-refractivity contribution in [3.63, 3.8) is 0 Å². The summed E-state index contributed by atoms with van der Waals surface area (Å²) in [4.78, 5) is 24.5. The van der Waals surface area contributed by atoms with Crippen LogP contribution in [-0.2, 0) is 4.79 Å². The highest BCUT2D eigenvalue weighted by Gasteiger charge is 2.21. The second-order valence-corrected chi connectivity index (χ2v) is 7.02. The summed E-state index contributed by atoms with van der Waals surface area (Å²) in [6, 6.07) is 14.7. The van der Waals surface area contributed by atoms with Crippen molar-refractivity contribution < 1.29 is 9.59 Å². The van der Waals surface area contributed by atoms with Gasteiger partial charge in [-0.05, 0) is 48.4 Å². The third-order valence-electron chi connectivity index (χ3n) is 3.39. The van der Waals surface area contributed by atoms with E-state index in [0.29, 0.717) is 14.8 Å². The monoisotopic (exact) mass is 354 g/mol. The molecule has 0 unspecified atom stereocenters. The molecule has 0 atom stereocenters. The molecule has 1 saturated heterocycles. The molecular weight excluding hydrogens is 340 g/mol. The average molecular weight is 354 g/mol. The van der Waals surface area contributed by atoms with Crippen LogP contribution in [0.5, 0.6) is 0 Å². The van der Waals surface area contributed by atoms with Crippen molar-refractivity contribution in [1.29, 1.82) is 0 Å². The number of rotatable bonds is 3. The van der Waals surface area contributed by atoms with Crippen LogP contribution in [0, 0.1) is 6.92 Å². The lowest BCUT2D eigenvalue weighted by Crippen LogP contribution is -2.17. The molecule has 1 fully saturated rings. The third kappa shape index (κ3) is 3.90. The quantitative estimate of drug-likeness (QED) is 0.651. The number of hydrogen-bond donors (Lipinski definition) is 2. The molecule has 0 bridgehead atoms. The number of aryl methyl sites for hydroxylation is 1. The lowest BCUT2D eigenvalue weighted by Gasteiger charge is -2.06. The first-order valence-electron chi connectivity index (χ1n) is 7.24. The molecule has 120 valence electrons. The number of anilines is 1. The van der Waals surface area contributed by atoms with E-state index in [4.69, 9.17) is 12.2 Å². The van der Waals surface area contributed by atoms with E-state index >= 15 is 0 Å². The lowest BCUT2D eigenvalue weighted by atomic mass is 10.1. The maximum atomic E-state index is 12.3. The van der Waals surface area contributed by atoms with Crippen molar-refractivity contribution in [2.75, 3.05) is 5.32 Å². The number of nitrogens with one attached hydrogen (secondary N) is 2. The van der Waals surface area contributed by atoms with Gasteiger partial charge in [-0.3, -0.25) is 9.59 Å². The summed E-state index contributed by atoms with van der Waals surface area (Å²) in [6.45, 7) is 1.97. The van der Waals surface area contributed by atoms with E-state index in [0.717, 1.165) is 16.8 Å². The SMILES string of the molecule is Cc1cccc(NC(=O)c2ccc(C=C3SC(=S)NC3=O)cc2)c1. The molecule has 0 spiro atoms. The standard InChI is InChI=1S/C18H14N2O2S2/c1-11-3-2-4-14(9-11)19-16(21)13-7-5-12(6-8-13)10-15-17(22)20-18(23)24-15/h2-10H,1H3,(H,19,21)(H,20,22,23). The number of carbonyl (C=O) groups excluding carboxylic acids is 2. The maximum Gasteiger partial charge on any atom is 0.263 e. The summed E-state index contributed by atoms with van der Waals surface area (Å²) >= 11 is 6.19. The largest absolute Gasteiger partial charge is 0.322 e. The van der Waals surface area contributed by atoms with Gasteiger partial charge in [0.25, 0.3) is 11.8 Å². The van der Waals surface area contributed by atoms with Crippen LogP contribution in [0.1, 0.15) is 21.5 Å². The van der Waals surface area contributed by atoms with Crippen molar-refractivity contribution in [2.45, 2.75) is 6.92 Å². The van der Waals surface area contributed by atoms with E-state index in [2.05, 4.69) is 10.6 Å². The highest BCUT2D eigenvalue weighted by atomic mass is 32.2. The Kier molecular flexibility index (Phi) is 4.78. The molecule has 1 heterocycles. The van der Waals surface area contributed by atoms with E-state index in [1.165, 1.54) is 11.8 Å². The second kappa shape index (κ2) is 6.98. The normalized spacial score (nSPS) is 15.5. The number of thioether (sulfide) groups is 1. The van der Waals surface area contributed by atoms with Gasteiger partial charge in [0.05, 0.1) is 4.91 Å². The van der Waals surface area contributed by atoms with Crippen molar-refractivity contribution >= 4 is 51.9 Å². The summed E-state index contributed by atoms with van der Waals surface area (Å²) in [5.41, 5.74) is 3.24. The van der Waals surface area contributed by atoms with Crippen LogP contribution in [-0.4, -0.2) is 16.1 Å². The van der Waals surface area contributed by atoms with Crippen LogP contribution in [0.3, 0.4) is 0 Å². The van der Waals surface area contributed by atoms with Gasteiger partial charge in [0, 0.05) is 11.3 Å². The van der Waals surface area contributed by atoms with E-state index in [-0.39, 0.29) is 11.8 Å². The summed E-state index contributed by atoms with van der Waals surface area (Å²) in [5.74, 6) is -0.361. The van der Waals surface area contributed by atoms with Crippen molar-refractivity contribution in [3.8, 4) is 0 Å². The van der Waals surface area contributed by atoms with Crippen molar-refractivity contribution in [1.82, 2.24) is 5.32 Å². The van der Waals surface area contributed by atoms with Gasteiger partial charge in [-0.2, -0.15) is 0 Å². The first-order chi connectivity index (χ1) is 11.5. The molecule has 3 rings (SSSR count). The van der Waals surface area contributed by atoms with Gasteiger partial charge < -0.3 is 10.6 Å². The summed E-state index contributed by atoms with van der Waals surface area (Å²) in [6.07, 6.45) is 1.75. The fraction of sp³-hybridized carbons (Fsp3) is 0.0556. The van der Waals surface area contributed by atoms with Gasteiger partial charge in [-0.25, -0.2) is 0 Å². The Morgan fingerprint density at radius 2 is 1.96 bits per heavy atom. The molecule has 24 heavy (non-hydrogen) atoms. The Labute approximate surface area is 149 Å². The summed E-state index contributed by atoms with van der Waals surface area (Å²) < 4.78 is 0.459. The van der Waals surface area contributed by atoms with Gasteiger partial charge in [0.2, 0.25) is 0 Å². The van der Waals surface area contributed by atoms with Crippen LogP contribution in [0.2, 0.25) is 0 Å². The predicted octanol–water partition coefficient (Wildman–Crippen LogP) is 3.74. The Bertz CT molecular complexity index is 858. The molecule has 2 amide bonds. The highest BCUT2D eigenvalue weighted by molar-refractivity contribution is 8.26. The molecule has 2 aromatic carbocycles. The third-order valence-corrected chi connectivity index (χ3v) is 4.55. The van der Waals surface area contributed by atoms with Gasteiger partial charge >= 0.3 is 0 Å². The first-order valence-corrected chi connectivity index (χ1v) is 8.47. The lowest BCUT2D eigenvalue weighted by molar-refractivity contribution is -0.115. The zero-order chi connectivity index (χ0) is 17.1. The highest BCUT2D eigenvalue weighted by Crippen LogP contribution is 2.25. The summed E-state index contributed by atoms with van der Waals surface area (Å²) in [5, 5.41) is 5.44. The van der Waals surface area contributed by atoms with E-state index in [1.807, 2.05) is 31.2 Å². The Hall–Kier alpha value is -2.44. The fourth-order valence-corrected chi connectivity index (χ4v) is 3.27. The molecule has 1 aliphatic heterocycles. The minimum Gasteiger partial charge on any atom is -0.322 e. The topological polar surface area (TPSA) is 58.2 Å². The van der Waals surface area contributed by atoms with Gasteiger partial charge in [0.15, 0.2) is 0 Å². The van der Waals surface area contributed by atoms with Crippen molar-refractivity contribution in [2.24, 2.45) is 0 Å². The number of benzene rings is 2. The number of thiocarbonyl (C=S) groups is 1. The molecule has 4 nitrogen and oxygen atoms in total. The van der Waals surface area contributed by atoms with E-state index < -0.39 is 0 Å². The first kappa shape index (κ1) is 16.4. The van der Waals surface area contributed by atoms with Crippen LogP contribution in [0.25, 0.3) is 6.08 Å². The minimum atomic E-state index is -0.189. The number of amides is 2. The zero-order valence-electron chi connectivity index (χ0n) is 12.8. The molecule has 0 aliphatic carbocycles. The van der Waals surface area contributed by atoms with Crippen LogP contribution in [0.4, 0.5) is 5.69 Å². The Morgan fingerprint density at radius 3 is 2.58 bits per heavy atom. The molecule has 0 radical (unpaired) electrons. The number of hydrogen-bond acceptors (Lipinski definition) is 4. The Balaban J connectivity index is 1.72. The Morgan fingerprint density at radius 1 is 1.21 bits per heavy atom. The van der Waals surface area contributed by atoms with Gasteiger partial charge in [-0.15, -0.1) is 0 Å². The van der Waals surface area contributed by atoms with Crippen molar-refractivity contribution in [3.05, 3.63) is 70.1 Å². The molecule has 2 aromatic rings. The van der Waals surface area contributed by atoms with Crippen LogP contribution in [0.15, 0.2) is 53.4 Å². The van der Waals surface area contributed by atoms with E-state index in [9.17, 15) is 9.59 Å². The minimum absolute atomic E-state index is 0.172. The predicted molar refractivity (Wildman–Crippen MR) is 102 cm³/mol. The zero-order valence-corrected chi connectivity index (χ0v) is 14.5. The molecule has 0 aromatic heterocycles. The van der Waals surface area contributed by atoms with E-state index in [1.54, 1.807) is 30.3 Å². The molecule has 0 saturated carbocycles. The van der Waals surface area contributed by atoms with Gasteiger partial charge in [0.1, 0.15) is 4.32 Å². The van der Waals surface area contributed by atoms with Gasteiger partial charge in [-0.1, -0.05) is 48.2 Å². The fourth-order valence-electron chi connectivity index (χ4n) is 2.23. The molecule has 2 N–H and O–H groups in total. The average Bonchev–Trinajstić information content (AvgIpc) is 2.85. The van der Waals surface area contributed by atoms with Crippen LogP contribution >= 0.6 is 24.0 Å². The number of carbonyl (C=O) groups is 2. The second-order valence-electron chi connectivity index (χ2n) is 5.30. The smallest absolute Gasteiger partial charge is 0.263 e. The molecule has 6 heteroatoms.